The molecule has 0 N–H and O–H groups in total. The van der Waals surface area contributed by atoms with Crippen LogP contribution in [0, 0.1) is 17.4 Å². The first-order valence-electron chi connectivity index (χ1n) is 17.0. The van der Waals surface area contributed by atoms with Gasteiger partial charge in [0.25, 0.3) is 0 Å². The van der Waals surface area contributed by atoms with Gasteiger partial charge in [0.15, 0.2) is 0 Å². The first-order valence-corrected chi connectivity index (χ1v) is 18.5. The fraction of sp³-hybridized carbons (Fsp3) is 0.378. The van der Waals surface area contributed by atoms with Gasteiger partial charge in [-0.1, -0.05) is 136 Å². The molecular weight excluding hydrogens is 703 g/mol. The Hall–Kier alpha value is -2.18. The Morgan fingerprint density at radius 3 is 1.62 bits per heavy atom. The second-order valence-electron chi connectivity index (χ2n) is 15.8. The third kappa shape index (κ3) is 10.2. The molecule has 0 spiro atoms. The molecule has 0 saturated carbocycles. The molecule has 0 bridgehead atoms. The third-order valence-corrected chi connectivity index (χ3v) is 9.84. The number of hydrogen-bond donors (Lipinski definition) is 0. The Morgan fingerprint density at radius 1 is 0.667 bits per heavy atom. The van der Waals surface area contributed by atoms with Crippen LogP contribution >= 0.6 is 0 Å². The molecule has 0 fully saturated rings. The van der Waals surface area contributed by atoms with Crippen LogP contribution in [0.15, 0.2) is 102 Å². The molecule has 0 radical (unpaired) electrons. The third-order valence-electron chi connectivity index (χ3n) is 9.07. The molecule has 48 heavy (non-hydrogen) atoms. The van der Waals surface area contributed by atoms with Gasteiger partial charge < -0.3 is 24.8 Å². The van der Waals surface area contributed by atoms with Crippen molar-refractivity contribution in [2.24, 2.45) is 11.3 Å². The van der Waals surface area contributed by atoms with Gasteiger partial charge in [-0.2, -0.15) is 11.6 Å². The van der Waals surface area contributed by atoms with Gasteiger partial charge in [0.05, 0.1) is 0 Å². The fourth-order valence-corrected chi connectivity index (χ4v) is 6.79. The van der Waals surface area contributed by atoms with Crippen molar-refractivity contribution in [1.82, 2.24) is 0 Å². The minimum atomic E-state index is 0. The molecule has 0 aromatic heterocycles. The summed E-state index contributed by atoms with van der Waals surface area (Å²) in [6.45, 7) is 25.0. The van der Waals surface area contributed by atoms with Gasteiger partial charge in [-0.25, -0.2) is 5.57 Å². The topological polar surface area (TPSA) is 0 Å². The summed E-state index contributed by atoms with van der Waals surface area (Å²) in [4.78, 5) is 0. The molecule has 1 aliphatic rings. The van der Waals surface area contributed by atoms with Crippen LogP contribution in [0.5, 0.6) is 0 Å². The molecular formula is C45H54Cl2Zr-2. The molecule has 0 nitrogen and oxygen atoms in total. The van der Waals surface area contributed by atoms with Crippen molar-refractivity contribution in [2.75, 3.05) is 0 Å². The van der Waals surface area contributed by atoms with Crippen molar-refractivity contribution in [1.29, 1.82) is 0 Å². The van der Waals surface area contributed by atoms with Crippen molar-refractivity contribution in [3.8, 4) is 0 Å². The molecule has 1 unspecified atom stereocenters. The van der Waals surface area contributed by atoms with Crippen molar-refractivity contribution >= 4 is 36.0 Å². The van der Waals surface area contributed by atoms with E-state index in [0.717, 1.165) is 6.42 Å². The number of benzene rings is 4. The van der Waals surface area contributed by atoms with Gasteiger partial charge in [-0.3, -0.25) is 6.08 Å². The van der Waals surface area contributed by atoms with Gasteiger partial charge in [0.1, 0.15) is 0 Å². The molecule has 6 rings (SSSR count). The van der Waals surface area contributed by atoms with Crippen LogP contribution in [0.3, 0.4) is 0 Å². The molecule has 1 aliphatic carbocycles. The Morgan fingerprint density at radius 2 is 1.19 bits per heavy atom. The standard InChI is InChI=1S/C21H25.C13H21.C11H8.2ClH.Zr/c1-20(2,3)16-9-7-14-11-15-8-10-17(21(4,5)6)13-19(15)18(14)12-16;1-6-10-8-11(7-2)12(9-10)13(3,4)5;1-9-5-4-7-10-6-2-3-8-11(9)10;;;/h7-13H,1-6H3;9-10H,6-7H2,1-5H3;1-8H;2*1H;/q2*-1;;;;+2/p-2. The van der Waals surface area contributed by atoms with E-state index in [9.17, 15) is 0 Å². The zero-order chi connectivity index (χ0) is 33.9. The molecule has 1 atom stereocenters. The van der Waals surface area contributed by atoms with Gasteiger partial charge in [-0.05, 0) is 10.8 Å². The Kier molecular flexibility index (Phi) is 15.0. The van der Waals surface area contributed by atoms with E-state index in [-0.39, 0.29) is 35.6 Å². The summed E-state index contributed by atoms with van der Waals surface area (Å²) in [6, 6.07) is 31.1. The Balaban J connectivity index is 0.000000259. The number of hydrogen-bond acceptors (Lipinski definition) is 0. The van der Waals surface area contributed by atoms with E-state index < -0.39 is 0 Å². The van der Waals surface area contributed by atoms with Crippen LogP contribution in [-0.2, 0) is 35.1 Å². The van der Waals surface area contributed by atoms with Crippen molar-refractivity contribution < 1.29 is 49.0 Å². The predicted octanol–water partition coefficient (Wildman–Crippen LogP) is 6.99. The average Bonchev–Trinajstić information content (AvgIpc) is 3.61. The molecule has 0 aliphatic heterocycles. The average molecular weight is 757 g/mol. The van der Waals surface area contributed by atoms with E-state index in [1.165, 1.54) is 90.8 Å². The van der Waals surface area contributed by atoms with Crippen LogP contribution in [-0.4, -0.2) is 3.71 Å². The van der Waals surface area contributed by atoms with Crippen LogP contribution in [0.1, 0.15) is 106 Å². The first-order chi connectivity index (χ1) is 21.6. The second kappa shape index (κ2) is 17.2. The van der Waals surface area contributed by atoms with E-state index in [2.05, 4.69) is 177 Å². The summed E-state index contributed by atoms with van der Waals surface area (Å²) < 4.78 is 2.23. The van der Waals surface area contributed by atoms with Gasteiger partial charge in [0.2, 0.25) is 0 Å². The van der Waals surface area contributed by atoms with Crippen LogP contribution < -0.4 is 24.8 Å². The quantitative estimate of drug-likeness (QED) is 0.174. The molecule has 254 valence electrons. The van der Waals surface area contributed by atoms with Gasteiger partial charge >= 0.3 is 86.7 Å². The number of rotatable bonds is 3. The van der Waals surface area contributed by atoms with Crippen LogP contribution in [0.2, 0.25) is 0 Å². The van der Waals surface area contributed by atoms with Gasteiger partial charge in [0, 0.05) is 0 Å². The monoisotopic (exact) mass is 754 g/mol. The number of fused-ring (bicyclic) bond motifs is 4. The van der Waals surface area contributed by atoms with Crippen LogP contribution in [0.4, 0.5) is 0 Å². The molecule has 0 heterocycles. The van der Waals surface area contributed by atoms with Crippen LogP contribution in [0.25, 0.3) is 32.3 Å². The first kappa shape index (κ1) is 42.0. The Labute approximate surface area is 319 Å². The fourth-order valence-electron chi connectivity index (χ4n) is 6.17. The van der Waals surface area contributed by atoms with Crippen molar-refractivity contribution in [3.05, 3.63) is 125 Å². The second-order valence-corrected chi connectivity index (χ2v) is 16.5. The normalized spacial score (nSPS) is 14.6. The summed E-state index contributed by atoms with van der Waals surface area (Å²) in [5, 5.41) is 8.17. The Bertz CT molecular complexity index is 1810. The van der Waals surface area contributed by atoms with Crippen molar-refractivity contribution in [2.45, 2.75) is 99.8 Å². The minimum absolute atomic E-state index is 0. The number of halogens is 2. The summed E-state index contributed by atoms with van der Waals surface area (Å²) >= 11 is 1.46. The SMILES string of the molecule is CC(C)(C)c1ccc2[cH-]c3ccc(C(C)(C)C)cc3c2c1.CCC1=[C-]C(CC)C=C1C(C)(C)C.[Cl-].[Cl-].[Zr+2]=[CH]c1cccc2ccccc12. The van der Waals surface area contributed by atoms with E-state index >= 15 is 0 Å². The summed E-state index contributed by atoms with van der Waals surface area (Å²) in [6.07, 6.45) is 8.28. The summed E-state index contributed by atoms with van der Waals surface area (Å²) in [5.74, 6) is 0.573. The van der Waals surface area contributed by atoms with E-state index in [0.29, 0.717) is 11.3 Å². The van der Waals surface area contributed by atoms with E-state index in [1.807, 2.05) is 0 Å². The van der Waals surface area contributed by atoms with E-state index in [4.69, 9.17) is 0 Å². The maximum absolute atomic E-state index is 3.57. The summed E-state index contributed by atoms with van der Waals surface area (Å²) in [5.41, 5.74) is 7.81. The van der Waals surface area contributed by atoms with Crippen molar-refractivity contribution in [3.63, 3.8) is 0 Å². The molecule has 0 amide bonds. The molecule has 5 aromatic carbocycles. The van der Waals surface area contributed by atoms with Gasteiger partial charge in [-0.15, -0.1) is 39.7 Å². The predicted molar refractivity (Wildman–Crippen MR) is 202 cm³/mol. The molecule has 5 aromatic rings. The van der Waals surface area contributed by atoms with E-state index in [1.54, 1.807) is 0 Å². The molecule has 3 heteroatoms. The number of allylic oxidation sites excluding steroid dienone is 4. The zero-order valence-corrected chi connectivity index (χ0v) is 35.0. The maximum atomic E-state index is 3.57. The zero-order valence-electron chi connectivity index (χ0n) is 31.0. The molecule has 0 saturated heterocycles. The summed E-state index contributed by atoms with van der Waals surface area (Å²) in [7, 11) is 0.